The Morgan fingerprint density at radius 2 is 1.87 bits per heavy atom. The Balaban J connectivity index is 2.16. The van der Waals surface area contributed by atoms with Crippen LogP contribution in [0, 0.1) is 0 Å². The average Bonchev–Trinajstić information content (AvgIpc) is 3.32. The minimum absolute atomic E-state index is 0.281. The molecule has 0 aliphatic heterocycles. The molecule has 0 aliphatic carbocycles. The van der Waals surface area contributed by atoms with Gasteiger partial charge in [0, 0.05) is 17.4 Å². The molecule has 1 atom stereocenters. The van der Waals surface area contributed by atoms with Gasteiger partial charge in [0.1, 0.15) is 17.5 Å². The normalized spacial score (nSPS) is 12.1. The summed E-state index contributed by atoms with van der Waals surface area (Å²) in [5.41, 5.74) is 1.09. The molecular formula is C24H28N4O3. The van der Waals surface area contributed by atoms with Gasteiger partial charge in [0.05, 0.1) is 7.11 Å². The van der Waals surface area contributed by atoms with Gasteiger partial charge >= 0.3 is 0 Å². The number of aromatic nitrogens is 2. The average molecular weight is 421 g/mol. The van der Waals surface area contributed by atoms with Crippen LogP contribution in [0.5, 0.6) is 5.75 Å². The maximum atomic E-state index is 13.6. The monoisotopic (exact) mass is 420 g/mol. The van der Waals surface area contributed by atoms with Gasteiger partial charge in [-0.25, -0.2) is 0 Å². The van der Waals surface area contributed by atoms with Crippen LogP contribution in [0.2, 0.25) is 0 Å². The van der Waals surface area contributed by atoms with Crippen molar-refractivity contribution in [3.8, 4) is 5.75 Å². The van der Waals surface area contributed by atoms with E-state index >= 15 is 0 Å². The van der Waals surface area contributed by atoms with Gasteiger partial charge in [0.25, 0.3) is 5.91 Å². The van der Waals surface area contributed by atoms with Crippen LogP contribution in [0.1, 0.15) is 49.3 Å². The fraction of sp³-hybridized carbons (Fsp3) is 0.292. The summed E-state index contributed by atoms with van der Waals surface area (Å²) in [5.74, 6) is -0.0372. The van der Waals surface area contributed by atoms with Gasteiger partial charge in [-0.15, -0.1) is 0 Å². The minimum Gasteiger partial charge on any atom is -0.497 e. The number of rotatable bonds is 8. The first-order chi connectivity index (χ1) is 14.9. The number of hydrogen-bond donors (Lipinski definition) is 2. The summed E-state index contributed by atoms with van der Waals surface area (Å²) in [7, 11) is 1.57. The number of ether oxygens (including phenoxy) is 1. The molecule has 0 spiro atoms. The number of anilines is 1. The first-order valence-electron chi connectivity index (χ1n) is 10.2. The van der Waals surface area contributed by atoms with Gasteiger partial charge in [-0.05, 0) is 56.2 Å². The Bertz CT molecular complexity index is 1020. The number of amides is 2. The predicted octanol–water partition coefficient (Wildman–Crippen LogP) is 4.11. The zero-order valence-electron chi connectivity index (χ0n) is 18.3. The molecular weight excluding hydrogens is 392 g/mol. The van der Waals surface area contributed by atoms with Gasteiger partial charge in [-0.3, -0.25) is 19.6 Å². The summed E-state index contributed by atoms with van der Waals surface area (Å²) < 4.78 is 5.37. The van der Waals surface area contributed by atoms with Crippen molar-refractivity contribution in [2.24, 2.45) is 0 Å². The molecule has 31 heavy (non-hydrogen) atoms. The van der Waals surface area contributed by atoms with Crippen LogP contribution in [-0.4, -0.2) is 34.7 Å². The largest absolute Gasteiger partial charge is 0.497 e. The highest BCUT2D eigenvalue weighted by atomic mass is 16.5. The number of methoxy groups -OCH3 is 1. The molecule has 1 aromatic heterocycles. The summed E-state index contributed by atoms with van der Waals surface area (Å²) in [5, 5.41) is 9.71. The van der Waals surface area contributed by atoms with Crippen molar-refractivity contribution >= 4 is 17.5 Å². The molecule has 3 rings (SSSR count). The molecule has 0 saturated heterocycles. The second-order valence-electron chi connectivity index (χ2n) is 7.89. The van der Waals surface area contributed by atoms with E-state index in [0.29, 0.717) is 22.7 Å². The number of nitrogens with one attached hydrogen (secondary N) is 2. The van der Waals surface area contributed by atoms with E-state index in [1.54, 1.807) is 37.4 Å². The van der Waals surface area contributed by atoms with Crippen molar-refractivity contribution in [1.29, 1.82) is 0 Å². The van der Waals surface area contributed by atoms with Crippen molar-refractivity contribution in [3.63, 3.8) is 0 Å². The number of carbonyl (C=O) groups excluding carboxylic acids is 2. The van der Waals surface area contributed by atoms with E-state index in [0.717, 1.165) is 6.42 Å². The number of benzene rings is 2. The highest BCUT2D eigenvalue weighted by Gasteiger charge is 2.36. The number of aromatic amines is 1. The van der Waals surface area contributed by atoms with Crippen LogP contribution in [0.4, 0.5) is 5.69 Å². The van der Waals surface area contributed by atoms with E-state index in [-0.39, 0.29) is 11.8 Å². The molecule has 162 valence electrons. The predicted molar refractivity (Wildman–Crippen MR) is 120 cm³/mol. The van der Waals surface area contributed by atoms with Crippen molar-refractivity contribution in [2.45, 2.75) is 38.8 Å². The topological polar surface area (TPSA) is 87.3 Å². The van der Waals surface area contributed by atoms with Crippen LogP contribution in [0.3, 0.4) is 0 Å². The van der Waals surface area contributed by atoms with E-state index in [4.69, 9.17) is 4.74 Å². The molecule has 7 nitrogen and oxygen atoms in total. The molecule has 0 radical (unpaired) electrons. The maximum absolute atomic E-state index is 13.6. The number of carbonyl (C=O) groups is 2. The lowest BCUT2D eigenvalue weighted by Gasteiger charge is -2.34. The van der Waals surface area contributed by atoms with Crippen molar-refractivity contribution in [1.82, 2.24) is 15.5 Å². The highest BCUT2D eigenvalue weighted by Crippen LogP contribution is 2.31. The number of H-pyrrole nitrogens is 1. The minimum atomic E-state index is -0.917. The van der Waals surface area contributed by atoms with E-state index in [2.05, 4.69) is 15.5 Å². The third-order valence-corrected chi connectivity index (χ3v) is 5.25. The lowest BCUT2D eigenvalue weighted by atomic mass is 9.98. The van der Waals surface area contributed by atoms with Gasteiger partial charge < -0.3 is 10.1 Å². The number of para-hydroxylation sites is 1. The maximum Gasteiger partial charge on any atom is 0.277 e. The summed E-state index contributed by atoms with van der Waals surface area (Å²) in [6, 6.07) is 17.0. The van der Waals surface area contributed by atoms with Gasteiger partial charge in [-0.1, -0.05) is 37.3 Å². The fourth-order valence-electron chi connectivity index (χ4n) is 3.20. The zero-order chi connectivity index (χ0) is 22.4. The van der Waals surface area contributed by atoms with Crippen LogP contribution < -0.4 is 15.0 Å². The molecule has 1 heterocycles. The van der Waals surface area contributed by atoms with Gasteiger partial charge in [-0.2, -0.15) is 5.10 Å². The smallest absolute Gasteiger partial charge is 0.277 e. The van der Waals surface area contributed by atoms with Crippen LogP contribution >= 0.6 is 0 Å². The van der Waals surface area contributed by atoms with Gasteiger partial charge in [0.15, 0.2) is 0 Å². The van der Waals surface area contributed by atoms with E-state index in [1.807, 2.05) is 51.1 Å². The molecule has 2 aromatic carbocycles. The lowest BCUT2D eigenvalue weighted by Crippen LogP contribution is -2.50. The van der Waals surface area contributed by atoms with Crippen LogP contribution in [0.25, 0.3) is 0 Å². The fourth-order valence-corrected chi connectivity index (χ4v) is 3.20. The molecule has 0 aliphatic rings. The molecule has 2 amide bonds. The Hall–Kier alpha value is -3.61. The molecule has 0 fully saturated rings. The van der Waals surface area contributed by atoms with Crippen molar-refractivity contribution in [3.05, 3.63) is 78.1 Å². The molecule has 2 N–H and O–H groups in total. The molecule has 3 aromatic rings. The van der Waals surface area contributed by atoms with E-state index < -0.39 is 11.6 Å². The Morgan fingerprint density at radius 1 is 1.13 bits per heavy atom. The Morgan fingerprint density at radius 3 is 2.48 bits per heavy atom. The summed E-state index contributed by atoms with van der Waals surface area (Å²) in [4.78, 5) is 28.7. The van der Waals surface area contributed by atoms with E-state index in [9.17, 15) is 9.59 Å². The van der Waals surface area contributed by atoms with Crippen LogP contribution in [0.15, 0.2) is 66.9 Å². The zero-order valence-corrected chi connectivity index (χ0v) is 18.3. The summed E-state index contributed by atoms with van der Waals surface area (Å²) in [6.07, 6.45) is 2.25. The molecule has 0 bridgehead atoms. The first-order valence-corrected chi connectivity index (χ1v) is 10.2. The van der Waals surface area contributed by atoms with Crippen molar-refractivity contribution in [2.75, 3.05) is 12.0 Å². The third kappa shape index (κ3) is 5.12. The highest BCUT2D eigenvalue weighted by molar-refractivity contribution is 6.09. The summed E-state index contributed by atoms with van der Waals surface area (Å²) in [6.45, 7) is 5.92. The second-order valence-corrected chi connectivity index (χ2v) is 7.89. The molecule has 7 heteroatoms. The van der Waals surface area contributed by atoms with Crippen molar-refractivity contribution < 1.29 is 14.3 Å². The second kappa shape index (κ2) is 9.47. The number of nitrogens with zero attached hydrogens (tertiary/aromatic N) is 2. The summed E-state index contributed by atoms with van der Waals surface area (Å²) >= 11 is 0. The lowest BCUT2D eigenvalue weighted by molar-refractivity contribution is -0.124. The molecule has 0 saturated carbocycles. The Kier molecular flexibility index (Phi) is 6.74. The Labute approximate surface area is 182 Å². The standard InChI is InChI=1S/C24H28N4O3/c1-5-24(2,3)26-22(29)21(17-10-9-13-19(16-17)31-4)28(18-11-7-6-8-12-18)23(30)20-14-15-25-27-20/h6-16,21H,5H2,1-4H3,(H,25,27)(H,26,29). The van der Waals surface area contributed by atoms with E-state index in [1.165, 1.54) is 11.1 Å². The SMILES string of the molecule is CCC(C)(C)NC(=O)C(c1cccc(OC)c1)N(C(=O)c1ccn[nH]1)c1ccccc1. The van der Waals surface area contributed by atoms with Crippen LogP contribution in [-0.2, 0) is 4.79 Å². The number of hydrogen-bond acceptors (Lipinski definition) is 4. The molecule has 1 unspecified atom stereocenters. The first kappa shape index (κ1) is 22.1. The third-order valence-electron chi connectivity index (χ3n) is 5.25. The quantitative estimate of drug-likeness (QED) is 0.574. The van der Waals surface area contributed by atoms with Gasteiger partial charge in [0.2, 0.25) is 5.91 Å².